The van der Waals surface area contributed by atoms with Crippen LogP contribution in [0.2, 0.25) is 5.15 Å². The SMILES string of the molecule is O=C(OCCC1CC1)c1cncc(Cl)n1. The third kappa shape index (κ3) is 3.16. The number of esters is 1. The summed E-state index contributed by atoms with van der Waals surface area (Å²) in [5.74, 6) is 0.300. The average Bonchev–Trinajstić information content (AvgIpc) is 3.01. The Labute approximate surface area is 92.6 Å². The topological polar surface area (TPSA) is 52.1 Å². The number of ether oxygens (including phenoxy) is 1. The monoisotopic (exact) mass is 226 g/mol. The lowest BCUT2D eigenvalue weighted by atomic mass is 10.3. The molecule has 2 rings (SSSR count). The Bertz CT molecular complexity index is 366. The molecule has 1 saturated carbocycles. The Hall–Kier alpha value is -1.16. The van der Waals surface area contributed by atoms with Crippen LogP contribution >= 0.6 is 11.6 Å². The van der Waals surface area contributed by atoms with E-state index in [1.807, 2.05) is 0 Å². The van der Waals surface area contributed by atoms with E-state index in [1.165, 1.54) is 25.2 Å². The molecule has 80 valence electrons. The second-order valence-corrected chi connectivity index (χ2v) is 3.98. The summed E-state index contributed by atoms with van der Waals surface area (Å²) in [5, 5.41) is 0.201. The average molecular weight is 227 g/mol. The minimum Gasteiger partial charge on any atom is -0.461 e. The fraction of sp³-hybridized carbons (Fsp3) is 0.500. The predicted octanol–water partition coefficient (Wildman–Crippen LogP) is 2.09. The second-order valence-electron chi connectivity index (χ2n) is 3.60. The van der Waals surface area contributed by atoms with E-state index in [4.69, 9.17) is 16.3 Å². The van der Waals surface area contributed by atoms with E-state index in [-0.39, 0.29) is 10.8 Å². The van der Waals surface area contributed by atoms with E-state index < -0.39 is 5.97 Å². The van der Waals surface area contributed by atoms with Gasteiger partial charge in [0.05, 0.1) is 19.0 Å². The molecule has 0 amide bonds. The van der Waals surface area contributed by atoms with E-state index in [9.17, 15) is 4.79 Å². The summed E-state index contributed by atoms with van der Waals surface area (Å²) in [5.41, 5.74) is 0.165. The van der Waals surface area contributed by atoms with Crippen molar-refractivity contribution in [2.24, 2.45) is 5.92 Å². The van der Waals surface area contributed by atoms with Crippen LogP contribution in [0, 0.1) is 5.92 Å². The van der Waals surface area contributed by atoms with Gasteiger partial charge in [0.1, 0.15) is 5.15 Å². The van der Waals surface area contributed by atoms with E-state index in [1.54, 1.807) is 0 Å². The number of aromatic nitrogens is 2. The summed E-state index contributed by atoms with van der Waals surface area (Å²) in [4.78, 5) is 19.0. The first-order chi connectivity index (χ1) is 7.25. The van der Waals surface area contributed by atoms with E-state index in [2.05, 4.69) is 9.97 Å². The highest BCUT2D eigenvalue weighted by Crippen LogP contribution is 2.32. The van der Waals surface area contributed by atoms with Crippen molar-refractivity contribution in [3.8, 4) is 0 Å². The molecule has 1 fully saturated rings. The summed E-state index contributed by atoms with van der Waals surface area (Å²) >= 11 is 5.60. The van der Waals surface area contributed by atoms with Crippen LogP contribution < -0.4 is 0 Å². The highest BCUT2D eigenvalue weighted by molar-refractivity contribution is 6.29. The Morgan fingerprint density at radius 1 is 1.53 bits per heavy atom. The Morgan fingerprint density at radius 3 is 3.00 bits per heavy atom. The molecule has 15 heavy (non-hydrogen) atoms. The van der Waals surface area contributed by atoms with Crippen LogP contribution in [0.25, 0.3) is 0 Å². The smallest absolute Gasteiger partial charge is 0.358 e. The first kappa shape index (κ1) is 10.4. The Kier molecular flexibility index (Phi) is 3.16. The van der Waals surface area contributed by atoms with Crippen molar-refractivity contribution in [1.29, 1.82) is 0 Å². The van der Waals surface area contributed by atoms with Gasteiger partial charge in [-0.1, -0.05) is 24.4 Å². The van der Waals surface area contributed by atoms with Crippen LogP contribution in [0.15, 0.2) is 12.4 Å². The van der Waals surface area contributed by atoms with Crippen molar-refractivity contribution in [1.82, 2.24) is 9.97 Å². The minimum atomic E-state index is -0.453. The van der Waals surface area contributed by atoms with Gasteiger partial charge < -0.3 is 4.74 Å². The molecular formula is C10H11ClN2O2. The molecule has 1 aliphatic rings. The fourth-order valence-electron chi connectivity index (χ4n) is 1.24. The van der Waals surface area contributed by atoms with Gasteiger partial charge in [0.2, 0.25) is 0 Å². The lowest BCUT2D eigenvalue weighted by Crippen LogP contribution is -2.09. The number of carbonyl (C=O) groups excluding carboxylic acids is 1. The molecule has 0 N–H and O–H groups in total. The molecule has 0 unspecified atom stereocenters. The highest BCUT2D eigenvalue weighted by Gasteiger charge is 2.21. The maximum absolute atomic E-state index is 11.4. The van der Waals surface area contributed by atoms with Crippen molar-refractivity contribution in [3.63, 3.8) is 0 Å². The zero-order valence-corrected chi connectivity index (χ0v) is 8.91. The predicted molar refractivity (Wildman–Crippen MR) is 54.7 cm³/mol. The van der Waals surface area contributed by atoms with Crippen molar-refractivity contribution in [2.45, 2.75) is 19.3 Å². The van der Waals surface area contributed by atoms with Crippen LogP contribution in [0.5, 0.6) is 0 Å². The largest absolute Gasteiger partial charge is 0.461 e. The molecule has 0 spiro atoms. The summed E-state index contributed by atoms with van der Waals surface area (Å²) in [6.45, 7) is 0.456. The summed E-state index contributed by atoms with van der Waals surface area (Å²) in [6.07, 6.45) is 6.19. The summed E-state index contributed by atoms with van der Waals surface area (Å²) in [7, 11) is 0. The van der Waals surface area contributed by atoms with Crippen LogP contribution in [0.4, 0.5) is 0 Å². The first-order valence-electron chi connectivity index (χ1n) is 4.90. The van der Waals surface area contributed by atoms with Crippen molar-refractivity contribution in [2.75, 3.05) is 6.61 Å². The van der Waals surface area contributed by atoms with E-state index in [0.717, 1.165) is 12.3 Å². The van der Waals surface area contributed by atoms with E-state index >= 15 is 0 Å². The molecule has 1 aliphatic carbocycles. The van der Waals surface area contributed by atoms with Gasteiger partial charge in [-0.05, 0) is 12.3 Å². The molecule has 0 aromatic carbocycles. The molecule has 1 heterocycles. The first-order valence-corrected chi connectivity index (χ1v) is 5.28. The maximum Gasteiger partial charge on any atom is 0.358 e. The number of rotatable bonds is 4. The van der Waals surface area contributed by atoms with Crippen molar-refractivity contribution >= 4 is 17.6 Å². The molecule has 5 heteroatoms. The number of nitrogens with zero attached hydrogens (tertiary/aromatic N) is 2. The Morgan fingerprint density at radius 2 is 2.33 bits per heavy atom. The zero-order chi connectivity index (χ0) is 10.7. The van der Waals surface area contributed by atoms with Crippen LogP contribution in [0.3, 0.4) is 0 Å². The normalized spacial score (nSPS) is 15.0. The standard InChI is InChI=1S/C10H11ClN2O2/c11-9-6-12-5-8(13-9)10(14)15-4-3-7-1-2-7/h5-7H,1-4H2. The van der Waals surface area contributed by atoms with Gasteiger partial charge in [-0.25, -0.2) is 9.78 Å². The summed E-state index contributed by atoms with van der Waals surface area (Å²) in [6, 6.07) is 0. The van der Waals surface area contributed by atoms with Gasteiger partial charge in [-0.15, -0.1) is 0 Å². The highest BCUT2D eigenvalue weighted by atomic mass is 35.5. The number of halogens is 1. The molecule has 0 saturated heterocycles. The van der Waals surface area contributed by atoms with Crippen molar-refractivity contribution < 1.29 is 9.53 Å². The molecule has 1 aromatic rings. The molecule has 0 aliphatic heterocycles. The van der Waals surface area contributed by atoms with E-state index in [0.29, 0.717) is 6.61 Å². The third-order valence-corrected chi connectivity index (χ3v) is 2.45. The number of carbonyl (C=O) groups is 1. The van der Waals surface area contributed by atoms with Crippen molar-refractivity contribution in [3.05, 3.63) is 23.2 Å². The molecule has 0 bridgehead atoms. The maximum atomic E-state index is 11.4. The van der Waals surface area contributed by atoms with Crippen LogP contribution in [-0.2, 0) is 4.74 Å². The quantitative estimate of drug-likeness (QED) is 0.738. The molecule has 1 aromatic heterocycles. The minimum absolute atomic E-state index is 0.165. The molecular weight excluding hydrogens is 216 g/mol. The summed E-state index contributed by atoms with van der Waals surface area (Å²) < 4.78 is 5.03. The zero-order valence-electron chi connectivity index (χ0n) is 8.15. The van der Waals surface area contributed by atoms with Gasteiger partial charge in [-0.2, -0.15) is 0 Å². The second kappa shape index (κ2) is 4.57. The van der Waals surface area contributed by atoms with Gasteiger partial charge in [0, 0.05) is 0 Å². The van der Waals surface area contributed by atoms with Gasteiger partial charge in [0.15, 0.2) is 5.69 Å². The molecule has 0 atom stereocenters. The molecule has 0 radical (unpaired) electrons. The van der Waals surface area contributed by atoms with Crippen LogP contribution in [-0.4, -0.2) is 22.5 Å². The van der Waals surface area contributed by atoms with Gasteiger partial charge in [0.25, 0.3) is 0 Å². The Balaban J connectivity index is 1.83. The van der Waals surface area contributed by atoms with Crippen LogP contribution in [0.1, 0.15) is 29.8 Å². The number of hydrogen-bond donors (Lipinski definition) is 0. The fourth-order valence-corrected chi connectivity index (χ4v) is 1.39. The van der Waals surface area contributed by atoms with Gasteiger partial charge in [-0.3, -0.25) is 4.98 Å². The molecule has 4 nitrogen and oxygen atoms in total. The third-order valence-electron chi connectivity index (χ3n) is 2.27. The van der Waals surface area contributed by atoms with Gasteiger partial charge >= 0.3 is 5.97 Å². The lowest BCUT2D eigenvalue weighted by molar-refractivity contribution is 0.0487. The number of hydrogen-bond acceptors (Lipinski definition) is 4. The lowest BCUT2D eigenvalue weighted by Gasteiger charge is -2.02.